The Kier molecular flexibility index (Phi) is 16.1. The van der Waals surface area contributed by atoms with Crippen LogP contribution in [0.3, 0.4) is 0 Å². The van der Waals surface area contributed by atoms with Crippen LogP contribution in [0.15, 0.2) is 48.5 Å². The van der Waals surface area contributed by atoms with Crippen LogP contribution in [0, 0.1) is 13.8 Å². The summed E-state index contributed by atoms with van der Waals surface area (Å²) in [6, 6.07) is 14.2. The van der Waals surface area contributed by atoms with E-state index in [9.17, 15) is 19.8 Å². The number of methoxy groups -OCH3 is 2. The molecule has 0 saturated heterocycles. The molecule has 0 saturated carbocycles. The largest absolute Gasteiger partial charge is 0.481 e. The highest BCUT2D eigenvalue weighted by molar-refractivity contribution is 6.32. The predicted octanol–water partition coefficient (Wildman–Crippen LogP) is 5.87. The molecule has 0 radical (unpaired) electrons. The number of carboxylic acid groups (broad SMARTS) is 2. The molecule has 14 nitrogen and oxygen atoms in total. The third-order valence-electron chi connectivity index (χ3n) is 9.41. The minimum absolute atomic E-state index is 0.173. The van der Waals surface area contributed by atoms with Gasteiger partial charge in [-0.3, -0.25) is 9.59 Å². The van der Waals surface area contributed by atoms with E-state index in [1.165, 1.54) is 14.2 Å². The maximum absolute atomic E-state index is 11.0. The van der Waals surface area contributed by atoms with Gasteiger partial charge in [-0.25, -0.2) is 0 Å². The monoisotopic (exact) mass is 814 g/mol. The van der Waals surface area contributed by atoms with E-state index in [1.54, 1.807) is 26.0 Å². The molecule has 2 heterocycles. The molecule has 6 N–H and O–H groups in total. The van der Waals surface area contributed by atoms with Crippen molar-refractivity contribution in [1.82, 2.24) is 20.6 Å². The lowest BCUT2D eigenvalue weighted by molar-refractivity contribution is -0.140. The molecular formula is C40H48Cl2N4O10. The molecule has 2 aromatic carbocycles. The number of pyridine rings is 2. The molecule has 56 heavy (non-hydrogen) atoms. The molecule has 16 heteroatoms. The Hall–Kier alpha value is -4.70. The number of hydrogen-bond acceptors (Lipinski definition) is 12. The van der Waals surface area contributed by atoms with Crippen LogP contribution in [0.4, 0.5) is 0 Å². The third kappa shape index (κ3) is 11.7. The van der Waals surface area contributed by atoms with Crippen molar-refractivity contribution >= 4 is 35.1 Å². The van der Waals surface area contributed by atoms with E-state index in [2.05, 4.69) is 20.6 Å². The fraction of sp³-hybridized carbons (Fsp3) is 0.400. The van der Waals surface area contributed by atoms with Crippen molar-refractivity contribution in [3.8, 4) is 34.6 Å². The number of nitrogens with one attached hydrogen (secondary N) is 2. The number of ether oxygens (including phenoxy) is 4. The zero-order valence-electron chi connectivity index (χ0n) is 32.1. The number of halogens is 2. The summed E-state index contributed by atoms with van der Waals surface area (Å²) in [5.74, 6) is -1.26. The Morgan fingerprint density at radius 2 is 1.04 bits per heavy atom. The van der Waals surface area contributed by atoms with Crippen molar-refractivity contribution in [1.29, 1.82) is 0 Å². The number of benzene rings is 2. The maximum Gasteiger partial charge on any atom is 0.306 e. The Morgan fingerprint density at radius 3 is 1.38 bits per heavy atom. The molecule has 2 aromatic heterocycles. The first-order valence-electron chi connectivity index (χ1n) is 17.8. The lowest BCUT2D eigenvalue weighted by Crippen LogP contribution is -2.38. The van der Waals surface area contributed by atoms with Gasteiger partial charge in [-0.1, -0.05) is 59.6 Å². The summed E-state index contributed by atoms with van der Waals surface area (Å²) in [5.41, 5.74) is 7.04. The van der Waals surface area contributed by atoms with Crippen molar-refractivity contribution < 1.29 is 49.0 Å². The molecule has 0 spiro atoms. The zero-order chi connectivity index (χ0) is 41.1. The highest BCUT2D eigenvalue weighted by atomic mass is 35.5. The van der Waals surface area contributed by atoms with Gasteiger partial charge in [0.1, 0.15) is 23.3 Å². The number of carboxylic acids is 2. The van der Waals surface area contributed by atoms with Gasteiger partial charge in [-0.05, 0) is 73.2 Å². The Balaban J connectivity index is 1.45. The van der Waals surface area contributed by atoms with E-state index in [-0.39, 0.29) is 72.7 Å². The number of rotatable bonds is 21. The number of hydrogen-bond donors (Lipinski definition) is 6. The fourth-order valence-corrected chi connectivity index (χ4v) is 6.33. The lowest BCUT2D eigenvalue weighted by atomic mass is 9.92. The van der Waals surface area contributed by atoms with Gasteiger partial charge in [0, 0.05) is 36.3 Å². The zero-order valence-corrected chi connectivity index (χ0v) is 33.6. The van der Waals surface area contributed by atoms with Crippen molar-refractivity contribution in [3.05, 3.63) is 92.0 Å². The average molecular weight is 816 g/mol. The maximum atomic E-state index is 11.0. The molecule has 0 fully saturated rings. The summed E-state index contributed by atoms with van der Waals surface area (Å²) in [6.45, 7) is 8.20. The molecular weight excluding hydrogens is 767 g/mol. The normalized spacial score (nSPS) is 13.4. The second-order valence-corrected chi connectivity index (χ2v) is 14.1. The predicted molar refractivity (Wildman–Crippen MR) is 211 cm³/mol. The topological polar surface area (TPSA) is 202 Å². The summed E-state index contributed by atoms with van der Waals surface area (Å²) < 4.78 is 23.2. The van der Waals surface area contributed by atoms with Crippen LogP contribution >= 0.6 is 23.2 Å². The van der Waals surface area contributed by atoms with Gasteiger partial charge < -0.3 is 50.0 Å². The second-order valence-electron chi connectivity index (χ2n) is 13.3. The summed E-state index contributed by atoms with van der Waals surface area (Å²) in [4.78, 5) is 30.9. The fourth-order valence-electron chi connectivity index (χ4n) is 5.88. The van der Waals surface area contributed by atoms with E-state index >= 15 is 0 Å². The number of nitrogens with zero attached hydrogens (tertiary/aromatic N) is 2. The van der Waals surface area contributed by atoms with Crippen molar-refractivity contribution in [3.63, 3.8) is 0 Å². The van der Waals surface area contributed by atoms with Crippen LogP contribution in [0.1, 0.15) is 60.1 Å². The van der Waals surface area contributed by atoms with Gasteiger partial charge >= 0.3 is 11.9 Å². The highest BCUT2D eigenvalue weighted by Crippen LogP contribution is 2.34. The molecule has 0 aliphatic carbocycles. The minimum atomic E-state index is -1.09. The molecule has 4 atom stereocenters. The number of aliphatic hydroxyl groups excluding tert-OH is 2. The minimum Gasteiger partial charge on any atom is -0.481 e. The summed E-state index contributed by atoms with van der Waals surface area (Å²) in [5, 5.41) is 44.8. The van der Waals surface area contributed by atoms with Crippen LogP contribution in [0.25, 0.3) is 11.1 Å². The quantitative estimate of drug-likeness (QED) is 0.0583. The second kappa shape index (κ2) is 20.5. The smallest absolute Gasteiger partial charge is 0.306 e. The molecule has 0 aliphatic heterocycles. The third-order valence-corrected chi connectivity index (χ3v) is 9.96. The Morgan fingerprint density at radius 1 is 0.661 bits per heavy atom. The van der Waals surface area contributed by atoms with Crippen molar-refractivity contribution in [2.24, 2.45) is 0 Å². The van der Waals surface area contributed by atoms with Crippen LogP contribution in [-0.4, -0.2) is 80.8 Å². The van der Waals surface area contributed by atoms with Gasteiger partial charge in [0.2, 0.25) is 23.5 Å². The van der Waals surface area contributed by atoms with Crippen LogP contribution in [-0.2, 0) is 35.9 Å². The molecule has 0 amide bonds. The van der Waals surface area contributed by atoms with E-state index in [0.29, 0.717) is 11.1 Å². The van der Waals surface area contributed by atoms with Gasteiger partial charge in [0.15, 0.2) is 0 Å². The molecule has 0 bridgehead atoms. The Bertz CT molecular complexity index is 1860. The van der Waals surface area contributed by atoms with Crippen molar-refractivity contribution in [2.45, 2.75) is 91.1 Å². The highest BCUT2D eigenvalue weighted by Gasteiger charge is 2.21. The molecule has 302 valence electrons. The number of aliphatic hydroxyl groups is 2. The van der Waals surface area contributed by atoms with Gasteiger partial charge in [-0.2, -0.15) is 9.97 Å². The average Bonchev–Trinajstić information content (AvgIpc) is 3.15. The van der Waals surface area contributed by atoms with Crippen LogP contribution < -0.4 is 29.6 Å². The first-order chi connectivity index (χ1) is 26.6. The van der Waals surface area contributed by atoms with Crippen LogP contribution in [0.5, 0.6) is 23.5 Å². The molecule has 0 unspecified atom stereocenters. The number of aliphatic carboxylic acids is 2. The summed E-state index contributed by atoms with van der Waals surface area (Å²) in [7, 11) is 2.95. The molecule has 4 rings (SSSR count). The van der Waals surface area contributed by atoms with Gasteiger partial charge in [-0.15, -0.1) is 0 Å². The standard InChI is InChI=1S/C40H48Cl2N4O10/c1-21-25(19-55-39-31(41)13-27(37(45-39)53-5)17-43-23(3)33(47)15-35(49)50)9-7-11-29(21)30-12-8-10-26(22(30)2)20-56-40-32(42)14-28(38(46-40)54-6)18-44-24(4)34(48)16-36(51)52/h7-14,23-24,33-34,43-44,47-48H,15-20H2,1-6H3,(H,49,50)(H,51,52)/t23-,24-,33+,34+/m1/s1. The van der Waals surface area contributed by atoms with E-state index in [0.717, 1.165) is 33.4 Å². The molecule has 4 aromatic rings. The number of carbonyl (C=O) groups is 2. The number of aromatic nitrogens is 2. The van der Waals surface area contributed by atoms with Gasteiger partial charge in [0.25, 0.3) is 0 Å². The van der Waals surface area contributed by atoms with Crippen LogP contribution in [0.2, 0.25) is 10.0 Å². The first kappa shape index (κ1) is 44.0. The molecule has 0 aliphatic rings. The lowest BCUT2D eigenvalue weighted by Gasteiger charge is -2.20. The van der Waals surface area contributed by atoms with Crippen molar-refractivity contribution in [2.75, 3.05) is 14.2 Å². The van der Waals surface area contributed by atoms with E-state index in [1.807, 2.05) is 50.2 Å². The first-order valence-corrected chi connectivity index (χ1v) is 18.5. The SMILES string of the molecule is COc1nc(OCc2cccc(-c3cccc(COc4nc(OC)c(CN[C@H](C)[C@@H](O)CC(=O)O)cc4Cl)c3C)c2C)c(Cl)cc1CN[C@H](C)[C@@H](O)CC(=O)O. The van der Waals surface area contributed by atoms with E-state index in [4.69, 9.17) is 52.4 Å². The summed E-state index contributed by atoms with van der Waals surface area (Å²) >= 11 is 13.2. The summed E-state index contributed by atoms with van der Waals surface area (Å²) in [6.07, 6.45) is -2.92. The van der Waals surface area contributed by atoms with E-state index < -0.39 is 36.2 Å². The van der Waals surface area contributed by atoms with Gasteiger partial charge in [0.05, 0.1) is 39.3 Å². The Labute approximate surface area is 335 Å².